The summed E-state index contributed by atoms with van der Waals surface area (Å²) in [5, 5.41) is 1.00. The highest BCUT2D eigenvalue weighted by molar-refractivity contribution is 9.10. The summed E-state index contributed by atoms with van der Waals surface area (Å²) in [6, 6.07) is 3.43. The van der Waals surface area contributed by atoms with Crippen LogP contribution in [0.3, 0.4) is 0 Å². The second-order valence-electron chi connectivity index (χ2n) is 2.64. The molecule has 0 spiro atoms. The fourth-order valence-corrected chi connectivity index (χ4v) is 1.69. The first-order valence-corrected chi connectivity index (χ1v) is 6.32. The largest absolute Gasteiger partial charge is 0.205 e. The average molecular weight is 342 g/mol. The van der Waals surface area contributed by atoms with E-state index in [1.165, 1.54) is 0 Å². The number of rotatable bonds is 3. The first-order valence-electron chi connectivity index (χ1n) is 4.03. The molecule has 0 amide bonds. The van der Waals surface area contributed by atoms with Crippen LogP contribution in [0, 0.1) is 5.82 Å². The van der Waals surface area contributed by atoms with Gasteiger partial charge in [-0.3, -0.25) is 0 Å². The lowest BCUT2D eigenvalue weighted by Gasteiger charge is -2.01. The van der Waals surface area contributed by atoms with Crippen LogP contribution in [0.4, 0.5) is 4.39 Å². The molecule has 0 fully saturated rings. The van der Waals surface area contributed by atoms with Crippen LogP contribution < -0.4 is 0 Å². The van der Waals surface area contributed by atoms with Crippen molar-refractivity contribution >= 4 is 49.5 Å². The monoisotopic (exact) mass is 340 g/mol. The molecule has 0 atom stereocenters. The molecule has 0 nitrogen and oxygen atoms in total. The lowest BCUT2D eigenvalue weighted by molar-refractivity contribution is 0.624. The van der Waals surface area contributed by atoms with Gasteiger partial charge in [0.15, 0.2) is 0 Å². The fraction of sp³-hybridized carbons (Fsp3) is 0.200. The lowest BCUT2D eigenvalue weighted by atomic mass is 10.2. The van der Waals surface area contributed by atoms with Gasteiger partial charge < -0.3 is 0 Å². The molecule has 0 heterocycles. The minimum absolute atomic E-state index is 0.131. The molecule has 76 valence electrons. The molecule has 0 bridgehead atoms. The molecule has 0 unspecified atom stereocenters. The van der Waals surface area contributed by atoms with Crippen molar-refractivity contribution < 1.29 is 4.39 Å². The quantitative estimate of drug-likeness (QED) is 0.533. The van der Waals surface area contributed by atoms with Crippen LogP contribution in [0.1, 0.15) is 12.0 Å². The van der Waals surface area contributed by atoms with Gasteiger partial charge in [-0.25, -0.2) is 4.39 Å². The van der Waals surface area contributed by atoms with E-state index in [-0.39, 0.29) is 10.8 Å². The summed E-state index contributed by atoms with van der Waals surface area (Å²) in [6.07, 6.45) is 4.50. The van der Waals surface area contributed by atoms with Crippen molar-refractivity contribution in [2.24, 2.45) is 0 Å². The van der Waals surface area contributed by atoms with E-state index in [0.29, 0.717) is 10.0 Å². The molecule has 0 aliphatic rings. The zero-order chi connectivity index (χ0) is 10.6. The van der Waals surface area contributed by atoms with Gasteiger partial charge >= 0.3 is 0 Å². The van der Waals surface area contributed by atoms with Crippen molar-refractivity contribution in [2.45, 2.75) is 6.42 Å². The van der Waals surface area contributed by atoms with Gasteiger partial charge in [-0.05, 0) is 28.4 Å². The van der Waals surface area contributed by atoms with E-state index in [4.69, 9.17) is 11.6 Å². The van der Waals surface area contributed by atoms with Crippen LogP contribution in [0.15, 0.2) is 22.7 Å². The number of hydrogen-bond acceptors (Lipinski definition) is 0. The van der Waals surface area contributed by atoms with E-state index in [9.17, 15) is 4.39 Å². The second-order valence-corrected chi connectivity index (χ2v) is 4.67. The van der Waals surface area contributed by atoms with E-state index in [2.05, 4.69) is 31.9 Å². The Hall–Kier alpha value is 0.140. The van der Waals surface area contributed by atoms with Gasteiger partial charge in [0, 0.05) is 15.4 Å². The van der Waals surface area contributed by atoms with Gasteiger partial charge in [-0.15, -0.1) is 0 Å². The molecule has 0 saturated carbocycles. The Balaban J connectivity index is 2.94. The summed E-state index contributed by atoms with van der Waals surface area (Å²) in [5.74, 6) is -0.383. The molecule has 1 aromatic carbocycles. The first-order chi connectivity index (χ1) is 6.66. The molecule has 4 heteroatoms. The Labute approximate surface area is 104 Å². The molecule has 0 aliphatic carbocycles. The van der Waals surface area contributed by atoms with Crippen molar-refractivity contribution in [2.75, 3.05) is 5.33 Å². The maximum absolute atomic E-state index is 13.5. The SMILES string of the molecule is Fc1c(/C=C/CCBr)ccc(Br)c1Cl. The van der Waals surface area contributed by atoms with Crippen LogP contribution in [0.25, 0.3) is 6.08 Å². The molecule has 0 aromatic heterocycles. The third kappa shape index (κ3) is 3.07. The Kier molecular flexibility index (Phi) is 5.13. The normalized spacial score (nSPS) is 11.1. The van der Waals surface area contributed by atoms with Crippen LogP contribution in [0.2, 0.25) is 5.02 Å². The topological polar surface area (TPSA) is 0 Å². The fourth-order valence-electron chi connectivity index (χ4n) is 0.943. The summed E-state index contributed by atoms with van der Waals surface area (Å²) in [4.78, 5) is 0. The maximum Gasteiger partial charge on any atom is 0.150 e. The number of allylic oxidation sites excluding steroid dienone is 1. The molecule has 0 aliphatic heterocycles. The highest BCUT2D eigenvalue weighted by atomic mass is 79.9. The molecular formula is C10H8Br2ClF. The number of alkyl halides is 1. The van der Waals surface area contributed by atoms with Gasteiger partial charge in [0.2, 0.25) is 0 Å². The molecule has 0 radical (unpaired) electrons. The van der Waals surface area contributed by atoms with Crippen molar-refractivity contribution in [3.63, 3.8) is 0 Å². The zero-order valence-corrected chi connectivity index (χ0v) is 11.2. The lowest BCUT2D eigenvalue weighted by Crippen LogP contribution is -1.84. The second kappa shape index (κ2) is 5.89. The number of hydrogen-bond donors (Lipinski definition) is 0. The van der Waals surface area contributed by atoms with Gasteiger partial charge in [-0.1, -0.05) is 45.7 Å². The van der Waals surface area contributed by atoms with Crippen molar-refractivity contribution in [1.82, 2.24) is 0 Å². The smallest absolute Gasteiger partial charge is 0.150 e. The van der Waals surface area contributed by atoms with E-state index in [1.54, 1.807) is 18.2 Å². The van der Waals surface area contributed by atoms with Gasteiger partial charge in [0.1, 0.15) is 5.82 Å². The average Bonchev–Trinajstić information content (AvgIpc) is 2.18. The van der Waals surface area contributed by atoms with Crippen molar-refractivity contribution in [1.29, 1.82) is 0 Å². The third-order valence-electron chi connectivity index (χ3n) is 1.64. The summed E-state index contributed by atoms with van der Waals surface area (Å²) >= 11 is 12.2. The standard InChI is InChI=1S/C10H8Br2ClF/c11-6-2-1-3-7-4-5-8(12)9(13)10(7)14/h1,3-5H,2,6H2/b3-1+. The predicted octanol–water partition coefficient (Wildman–Crippen LogP) is 5.04. The Morgan fingerprint density at radius 1 is 1.43 bits per heavy atom. The van der Waals surface area contributed by atoms with Crippen LogP contribution in [0.5, 0.6) is 0 Å². The molecule has 1 aromatic rings. The predicted molar refractivity (Wildman–Crippen MR) is 66.6 cm³/mol. The van der Waals surface area contributed by atoms with Crippen LogP contribution in [-0.2, 0) is 0 Å². The maximum atomic E-state index is 13.5. The summed E-state index contributed by atoms with van der Waals surface area (Å²) in [7, 11) is 0. The van der Waals surface area contributed by atoms with Crippen molar-refractivity contribution in [3.05, 3.63) is 39.1 Å². The molecular weight excluding hydrogens is 334 g/mol. The van der Waals surface area contributed by atoms with Crippen LogP contribution >= 0.6 is 43.5 Å². The van der Waals surface area contributed by atoms with Crippen LogP contribution in [-0.4, -0.2) is 5.33 Å². The van der Waals surface area contributed by atoms with Crippen molar-refractivity contribution in [3.8, 4) is 0 Å². The Morgan fingerprint density at radius 2 is 2.14 bits per heavy atom. The highest BCUT2D eigenvalue weighted by Crippen LogP contribution is 2.28. The minimum Gasteiger partial charge on any atom is -0.205 e. The number of halogens is 4. The minimum atomic E-state index is -0.383. The highest BCUT2D eigenvalue weighted by Gasteiger charge is 2.07. The van der Waals surface area contributed by atoms with E-state index < -0.39 is 0 Å². The summed E-state index contributed by atoms with van der Waals surface area (Å²) < 4.78 is 14.0. The zero-order valence-electron chi connectivity index (χ0n) is 7.24. The summed E-state index contributed by atoms with van der Waals surface area (Å²) in [5.41, 5.74) is 0.513. The number of benzene rings is 1. The Bertz CT molecular complexity index is 350. The molecule has 1 rings (SSSR count). The third-order valence-corrected chi connectivity index (χ3v) is 3.35. The van der Waals surface area contributed by atoms with E-state index >= 15 is 0 Å². The molecule has 0 saturated heterocycles. The summed E-state index contributed by atoms with van der Waals surface area (Å²) in [6.45, 7) is 0. The van der Waals surface area contributed by atoms with Gasteiger partial charge in [0.05, 0.1) is 5.02 Å². The molecule has 14 heavy (non-hydrogen) atoms. The van der Waals surface area contributed by atoms with E-state index in [1.807, 2.05) is 6.08 Å². The van der Waals surface area contributed by atoms with E-state index in [0.717, 1.165) is 11.8 Å². The Morgan fingerprint density at radius 3 is 2.79 bits per heavy atom. The molecule has 0 N–H and O–H groups in total. The van der Waals surface area contributed by atoms with Gasteiger partial charge in [-0.2, -0.15) is 0 Å². The van der Waals surface area contributed by atoms with Gasteiger partial charge in [0.25, 0.3) is 0 Å². The first kappa shape index (κ1) is 12.2.